The molecule has 88 valence electrons. The summed E-state index contributed by atoms with van der Waals surface area (Å²) >= 11 is 0. The first-order chi connectivity index (χ1) is 7.83. The molecule has 3 rings (SSSR count). The highest BCUT2D eigenvalue weighted by Crippen LogP contribution is 2.38. The molecule has 2 aliphatic rings. The van der Waals surface area contributed by atoms with Crippen LogP contribution in [0.5, 0.6) is 0 Å². The van der Waals surface area contributed by atoms with E-state index in [9.17, 15) is 0 Å². The predicted molar refractivity (Wildman–Crippen MR) is 56.7 cm³/mol. The van der Waals surface area contributed by atoms with Crippen LogP contribution in [0.4, 0.5) is 0 Å². The quantitative estimate of drug-likeness (QED) is 0.833. The van der Waals surface area contributed by atoms with Crippen LogP contribution in [0.25, 0.3) is 0 Å². The van der Waals surface area contributed by atoms with Crippen molar-refractivity contribution in [2.75, 3.05) is 0 Å². The van der Waals surface area contributed by atoms with Crippen molar-refractivity contribution >= 4 is 0 Å². The van der Waals surface area contributed by atoms with Gasteiger partial charge in [0.2, 0.25) is 5.89 Å². The van der Waals surface area contributed by atoms with Gasteiger partial charge < -0.3 is 15.0 Å². The Balaban J connectivity index is 1.53. The minimum atomic E-state index is 0.169. The summed E-state index contributed by atoms with van der Waals surface area (Å²) in [5.41, 5.74) is 5.92. The van der Waals surface area contributed by atoms with Gasteiger partial charge in [-0.1, -0.05) is 5.16 Å². The van der Waals surface area contributed by atoms with Gasteiger partial charge in [-0.25, -0.2) is 0 Å². The number of aromatic nitrogens is 2. The van der Waals surface area contributed by atoms with Crippen molar-refractivity contribution in [2.45, 2.75) is 56.8 Å². The molecular formula is C11H17N3O2. The Labute approximate surface area is 94.3 Å². The summed E-state index contributed by atoms with van der Waals surface area (Å²) in [4.78, 5) is 4.31. The smallest absolute Gasteiger partial charge is 0.229 e. The van der Waals surface area contributed by atoms with Crippen LogP contribution in [-0.4, -0.2) is 22.3 Å². The van der Waals surface area contributed by atoms with Crippen molar-refractivity contribution in [1.29, 1.82) is 0 Å². The Morgan fingerprint density at radius 1 is 1.31 bits per heavy atom. The van der Waals surface area contributed by atoms with Crippen LogP contribution in [-0.2, 0) is 11.3 Å². The van der Waals surface area contributed by atoms with Gasteiger partial charge in [0.15, 0.2) is 5.82 Å². The Morgan fingerprint density at radius 3 is 2.88 bits per heavy atom. The van der Waals surface area contributed by atoms with Crippen LogP contribution >= 0.6 is 0 Å². The normalized spacial score (nSPS) is 29.8. The van der Waals surface area contributed by atoms with Gasteiger partial charge >= 0.3 is 0 Å². The van der Waals surface area contributed by atoms with Gasteiger partial charge in [-0.15, -0.1) is 0 Å². The molecular weight excluding hydrogens is 206 g/mol. The first kappa shape index (κ1) is 10.2. The second kappa shape index (κ2) is 4.14. The van der Waals surface area contributed by atoms with Crippen LogP contribution < -0.4 is 5.73 Å². The number of nitrogens with two attached hydrogens (primary N) is 1. The highest BCUT2D eigenvalue weighted by Gasteiger charge is 2.30. The summed E-state index contributed by atoms with van der Waals surface area (Å²) in [6.45, 7) is 0.425. The van der Waals surface area contributed by atoms with Crippen molar-refractivity contribution in [1.82, 2.24) is 10.1 Å². The van der Waals surface area contributed by atoms with E-state index in [-0.39, 0.29) is 12.1 Å². The second-order valence-electron chi connectivity index (χ2n) is 4.77. The van der Waals surface area contributed by atoms with Crippen LogP contribution in [0.3, 0.4) is 0 Å². The van der Waals surface area contributed by atoms with Crippen LogP contribution in [0.2, 0.25) is 0 Å². The maximum Gasteiger partial charge on any atom is 0.229 e. The molecule has 0 aliphatic heterocycles. The zero-order chi connectivity index (χ0) is 11.0. The summed E-state index contributed by atoms with van der Waals surface area (Å²) in [6, 6.07) is 0.176. The summed E-state index contributed by atoms with van der Waals surface area (Å²) in [7, 11) is 0. The Bertz CT molecular complexity index is 362. The molecule has 0 aromatic carbocycles. The van der Waals surface area contributed by atoms with E-state index in [0.29, 0.717) is 18.3 Å². The minimum Gasteiger partial charge on any atom is -0.368 e. The highest BCUT2D eigenvalue weighted by atomic mass is 16.5. The van der Waals surface area contributed by atoms with Crippen LogP contribution in [0.15, 0.2) is 4.52 Å². The molecule has 0 saturated heterocycles. The summed E-state index contributed by atoms with van der Waals surface area (Å²) in [5.74, 6) is 1.94. The standard InChI is InChI=1S/C11H17N3O2/c12-8-2-1-3-9(8)15-6-10-13-11(16-14-10)7-4-5-7/h7-9H,1-6,12H2. The van der Waals surface area contributed by atoms with Crippen molar-refractivity contribution in [3.8, 4) is 0 Å². The molecule has 1 heterocycles. The van der Waals surface area contributed by atoms with E-state index in [0.717, 1.165) is 25.2 Å². The van der Waals surface area contributed by atoms with Gasteiger partial charge in [0.05, 0.1) is 6.10 Å². The zero-order valence-corrected chi connectivity index (χ0v) is 9.26. The SMILES string of the molecule is NC1CCCC1OCc1noc(C2CC2)n1. The number of hydrogen-bond donors (Lipinski definition) is 1. The monoisotopic (exact) mass is 223 g/mol. The molecule has 16 heavy (non-hydrogen) atoms. The predicted octanol–water partition coefficient (Wildman–Crippen LogP) is 1.34. The molecule has 2 fully saturated rings. The largest absolute Gasteiger partial charge is 0.368 e. The summed E-state index contributed by atoms with van der Waals surface area (Å²) in [5, 5.41) is 3.91. The first-order valence-electron chi connectivity index (χ1n) is 6.02. The lowest BCUT2D eigenvalue weighted by atomic mass is 10.2. The third-order valence-electron chi connectivity index (χ3n) is 3.34. The van der Waals surface area contributed by atoms with Crippen molar-refractivity contribution < 1.29 is 9.26 Å². The molecule has 2 atom stereocenters. The maximum atomic E-state index is 5.92. The molecule has 2 aliphatic carbocycles. The fraction of sp³-hybridized carbons (Fsp3) is 0.818. The van der Waals surface area contributed by atoms with Gasteiger partial charge in [0.1, 0.15) is 6.61 Å². The average Bonchev–Trinajstić information content (AvgIpc) is 2.89. The van der Waals surface area contributed by atoms with Gasteiger partial charge in [0, 0.05) is 12.0 Å². The van der Waals surface area contributed by atoms with Crippen molar-refractivity contribution in [3.63, 3.8) is 0 Å². The first-order valence-corrected chi connectivity index (χ1v) is 6.02. The molecule has 2 unspecified atom stereocenters. The molecule has 0 bridgehead atoms. The summed E-state index contributed by atoms with van der Waals surface area (Å²) < 4.78 is 10.9. The number of hydrogen-bond acceptors (Lipinski definition) is 5. The number of nitrogens with zero attached hydrogens (tertiary/aromatic N) is 2. The van der Waals surface area contributed by atoms with E-state index in [4.69, 9.17) is 15.0 Å². The molecule has 2 saturated carbocycles. The summed E-state index contributed by atoms with van der Waals surface area (Å²) in [6.07, 6.45) is 5.79. The van der Waals surface area contributed by atoms with E-state index in [1.165, 1.54) is 12.8 Å². The van der Waals surface area contributed by atoms with Gasteiger partial charge in [-0.05, 0) is 32.1 Å². The molecule has 0 radical (unpaired) electrons. The Morgan fingerprint density at radius 2 is 2.19 bits per heavy atom. The van der Waals surface area contributed by atoms with E-state index < -0.39 is 0 Å². The molecule has 5 nitrogen and oxygen atoms in total. The molecule has 0 amide bonds. The van der Waals surface area contributed by atoms with E-state index in [1.807, 2.05) is 0 Å². The molecule has 0 spiro atoms. The van der Waals surface area contributed by atoms with E-state index >= 15 is 0 Å². The van der Waals surface area contributed by atoms with Gasteiger partial charge in [-0.3, -0.25) is 0 Å². The molecule has 1 aromatic rings. The zero-order valence-electron chi connectivity index (χ0n) is 9.26. The third-order valence-corrected chi connectivity index (χ3v) is 3.34. The molecule has 1 aromatic heterocycles. The fourth-order valence-corrected chi connectivity index (χ4v) is 2.17. The van der Waals surface area contributed by atoms with Crippen molar-refractivity contribution in [2.24, 2.45) is 5.73 Å². The topological polar surface area (TPSA) is 74.2 Å². The van der Waals surface area contributed by atoms with E-state index in [2.05, 4.69) is 10.1 Å². The van der Waals surface area contributed by atoms with Crippen LogP contribution in [0, 0.1) is 0 Å². The minimum absolute atomic E-state index is 0.169. The van der Waals surface area contributed by atoms with Gasteiger partial charge in [0.25, 0.3) is 0 Å². The number of rotatable bonds is 4. The fourth-order valence-electron chi connectivity index (χ4n) is 2.17. The van der Waals surface area contributed by atoms with E-state index in [1.54, 1.807) is 0 Å². The second-order valence-corrected chi connectivity index (χ2v) is 4.77. The highest BCUT2D eigenvalue weighted by molar-refractivity contribution is 5.01. The lowest BCUT2D eigenvalue weighted by molar-refractivity contribution is 0.0310. The molecule has 2 N–H and O–H groups in total. The average molecular weight is 223 g/mol. The maximum absolute atomic E-state index is 5.92. The van der Waals surface area contributed by atoms with Gasteiger partial charge in [-0.2, -0.15) is 4.98 Å². The Hall–Kier alpha value is -0.940. The Kier molecular flexibility index (Phi) is 2.65. The number of ether oxygens (including phenoxy) is 1. The third kappa shape index (κ3) is 2.10. The molecule has 5 heteroatoms. The van der Waals surface area contributed by atoms with Crippen molar-refractivity contribution in [3.05, 3.63) is 11.7 Å². The lowest BCUT2D eigenvalue weighted by Gasteiger charge is -2.14. The van der Waals surface area contributed by atoms with Crippen LogP contribution in [0.1, 0.15) is 49.7 Å². The lowest BCUT2D eigenvalue weighted by Crippen LogP contribution is -2.31.